The number of hydrogen-bond donors (Lipinski definition) is 1. The van der Waals surface area contributed by atoms with Crippen molar-refractivity contribution in [2.75, 3.05) is 25.0 Å². The number of ether oxygens (including phenoxy) is 1. The van der Waals surface area contributed by atoms with Crippen molar-refractivity contribution in [3.63, 3.8) is 0 Å². The van der Waals surface area contributed by atoms with E-state index in [1.54, 1.807) is 17.1 Å². The Kier molecular flexibility index (Phi) is 24.0. The zero-order valence-electron chi connectivity index (χ0n) is 17.6. The molecule has 0 unspecified atom stereocenters. The van der Waals surface area contributed by atoms with Gasteiger partial charge in [0.1, 0.15) is 6.61 Å². The predicted octanol–water partition coefficient (Wildman–Crippen LogP) is 6.26. The number of nitrogens with two attached hydrogens (primary N) is 1. The zero-order chi connectivity index (χ0) is 22.2. The average Bonchev–Trinajstić information content (AvgIpc) is 2.77. The zero-order valence-corrected chi connectivity index (χ0v) is 19.2. The molecule has 0 bridgehead atoms. The first kappa shape index (κ1) is 29.1. The summed E-state index contributed by atoms with van der Waals surface area (Å²) in [7, 11) is 0. The molecule has 0 saturated heterocycles. The molecule has 29 heavy (non-hydrogen) atoms. The second-order valence-electron chi connectivity index (χ2n) is 5.85. The SMILES string of the molecule is C=CCCCBr.C=CCCCN(CC=C)C(=O)OCc1ccccc1.C=CCN. The van der Waals surface area contributed by atoms with E-state index < -0.39 is 0 Å². The number of amides is 1. The van der Waals surface area contributed by atoms with Gasteiger partial charge in [-0.15, -0.1) is 26.3 Å². The number of carbonyl (C=O) groups excluding carboxylic acids is 1. The van der Waals surface area contributed by atoms with Crippen LogP contribution in [-0.2, 0) is 11.3 Å². The highest BCUT2D eigenvalue weighted by Crippen LogP contribution is 2.05. The molecule has 1 amide bonds. The number of carbonyl (C=O) groups is 1. The summed E-state index contributed by atoms with van der Waals surface area (Å²) in [6.07, 6.45) is 11.0. The standard InChI is InChI=1S/C16H21NO2.C5H9Br.C3H7N/c1-3-5-9-13-17(12-4-2)16(18)19-14-15-10-7-6-8-11-15;1-2-3-4-5-6;1-2-3-4/h3-4,6-8,10-11H,1-2,5,9,12-14H2;2H,1,3-5H2;2H,1,3-4H2. The van der Waals surface area contributed by atoms with Crippen LogP contribution in [-0.4, -0.2) is 36.0 Å². The van der Waals surface area contributed by atoms with E-state index >= 15 is 0 Å². The van der Waals surface area contributed by atoms with Crippen molar-refractivity contribution in [2.24, 2.45) is 5.73 Å². The van der Waals surface area contributed by atoms with Crippen LogP contribution in [0.5, 0.6) is 0 Å². The lowest BCUT2D eigenvalue weighted by atomic mass is 10.2. The van der Waals surface area contributed by atoms with Crippen molar-refractivity contribution >= 4 is 22.0 Å². The van der Waals surface area contributed by atoms with Gasteiger partial charge in [0.05, 0.1) is 0 Å². The number of alkyl halides is 1. The fourth-order valence-corrected chi connectivity index (χ4v) is 2.20. The van der Waals surface area contributed by atoms with Gasteiger partial charge in [0, 0.05) is 25.0 Å². The minimum Gasteiger partial charge on any atom is -0.445 e. The highest BCUT2D eigenvalue weighted by molar-refractivity contribution is 9.09. The van der Waals surface area contributed by atoms with Crippen LogP contribution in [0, 0.1) is 0 Å². The largest absolute Gasteiger partial charge is 0.445 e. The molecule has 1 aromatic rings. The number of unbranched alkanes of at least 4 members (excludes halogenated alkanes) is 2. The quantitative estimate of drug-likeness (QED) is 0.225. The minimum atomic E-state index is -0.298. The summed E-state index contributed by atoms with van der Waals surface area (Å²) in [5.41, 5.74) is 5.90. The van der Waals surface area contributed by atoms with E-state index in [-0.39, 0.29) is 6.09 Å². The molecule has 4 nitrogen and oxygen atoms in total. The van der Waals surface area contributed by atoms with Gasteiger partial charge in [-0.2, -0.15) is 0 Å². The third-order valence-corrected chi connectivity index (χ3v) is 3.92. The van der Waals surface area contributed by atoms with Gasteiger partial charge in [0.25, 0.3) is 0 Å². The Morgan fingerprint density at radius 1 is 1.00 bits per heavy atom. The lowest BCUT2D eigenvalue weighted by molar-refractivity contribution is 0.0997. The summed E-state index contributed by atoms with van der Waals surface area (Å²) in [5, 5.41) is 1.10. The highest BCUT2D eigenvalue weighted by atomic mass is 79.9. The summed E-state index contributed by atoms with van der Waals surface area (Å²) in [6.45, 7) is 16.3. The molecule has 0 spiro atoms. The maximum Gasteiger partial charge on any atom is 0.410 e. The van der Waals surface area contributed by atoms with Gasteiger partial charge in [0.15, 0.2) is 0 Å². The molecular weight excluding hydrogens is 428 g/mol. The third-order valence-electron chi connectivity index (χ3n) is 3.36. The number of halogens is 1. The van der Waals surface area contributed by atoms with E-state index in [9.17, 15) is 4.79 Å². The molecule has 0 fully saturated rings. The van der Waals surface area contributed by atoms with Gasteiger partial charge in [0.2, 0.25) is 0 Å². The molecule has 1 aromatic carbocycles. The Labute approximate surface area is 185 Å². The van der Waals surface area contributed by atoms with Crippen LogP contribution < -0.4 is 5.73 Å². The van der Waals surface area contributed by atoms with Crippen molar-refractivity contribution in [1.82, 2.24) is 4.90 Å². The normalized spacial score (nSPS) is 8.90. The smallest absolute Gasteiger partial charge is 0.410 e. The van der Waals surface area contributed by atoms with Crippen molar-refractivity contribution in [3.05, 3.63) is 86.5 Å². The molecule has 0 radical (unpaired) electrons. The van der Waals surface area contributed by atoms with Crippen molar-refractivity contribution < 1.29 is 9.53 Å². The first-order chi connectivity index (χ1) is 14.1. The van der Waals surface area contributed by atoms with Crippen LogP contribution in [0.3, 0.4) is 0 Å². The van der Waals surface area contributed by atoms with Crippen molar-refractivity contribution in [2.45, 2.75) is 32.3 Å². The maximum atomic E-state index is 11.9. The first-order valence-corrected chi connectivity index (χ1v) is 10.9. The van der Waals surface area contributed by atoms with Crippen LogP contribution in [0.2, 0.25) is 0 Å². The van der Waals surface area contributed by atoms with Gasteiger partial charge in [-0.25, -0.2) is 4.79 Å². The van der Waals surface area contributed by atoms with E-state index in [1.165, 1.54) is 6.42 Å². The van der Waals surface area contributed by atoms with Gasteiger partial charge in [-0.05, 0) is 31.2 Å². The minimum absolute atomic E-state index is 0.298. The molecule has 5 heteroatoms. The lowest BCUT2D eigenvalue weighted by Crippen LogP contribution is -2.32. The fourth-order valence-electron chi connectivity index (χ4n) is 1.87. The van der Waals surface area contributed by atoms with Gasteiger partial charge in [-0.3, -0.25) is 0 Å². The second kappa shape index (κ2) is 23.9. The van der Waals surface area contributed by atoms with Crippen LogP contribution in [0.15, 0.2) is 81.0 Å². The summed E-state index contributed by atoms with van der Waals surface area (Å²) >= 11 is 3.30. The van der Waals surface area contributed by atoms with Gasteiger partial charge in [-0.1, -0.05) is 70.6 Å². The summed E-state index contributed by atoms with van der Waals surface area (Å²) < 4.78 is 5.29. The molecule has 0 aliphatic heterocycles. The van der Waals surface area contributed by atoms with E-state index in [4.69, 9.17) is 10.5 Å². The monoisotopic (exact) mass is 464 g/mol. The Morgan fingerprint density at radius 3 is 2.03 bits per heavy atom. The van der Waals surface area contributed by atoms with Crippen LogP contribution in [0.1, 0.15) is 31.2 Å². The summed E-state index contributed by atoms with van der Waals surface area (Å²) in [4.78, 5) is 13.6. The van der Waals surface area contributed by atoms with Crippen LogP contribution >= 0.6 is 15.9 Å². The van der Waals surface area contributed by atoms with E-state index in [2.05, 4.69) is 42.2 Å². The second-order valence-corrected chi connectivity index (χ2v) is 6.64. The Morgan fingerprint density at radius 2 is 1.59 bits per heavy atom. The third kappa shape index (κ3) is 20.4. The molecule has 2 N–H and O–H groups in total. The number of nitrogens with zero attached hydrogens (tertiary/aromatic N) is 1. The van der Waals surface area contributed by atoms with Crippen molar-refractivity contribution in [1.29, 1.82) is 0 Å². The van der Waals surface area contributed by atoms with Gasteiger partial charge >= 0.3 is 6.09 Å². The molecular formula is C24H37BrN2O2. The van der Waals surface area contributed by atoms with E-state index in [0.29, 0.717) is 26.2 Å². The first-order valence-electron chi connectivity index (χ1n) is 9.76. The number of benzene rings is 1. The molecule has 0 aliphatic carbocycles. The van der Waals surface area contributed by atoms with Crippen LogP contribution in [0.25, 0.3) is 0 Å². The van der Waals surface area contributed by atoms with Crippen molar-refractivity contribution in [3.8, 4) is 0 Å². The molecule has 0 saturated carbocycles. The van der Waals surface area contributed by atoms with Gasteiger partial charge < -0.3 is 15.4 Å². The predicted molar refractivity (Wildman–Crippen MR) is 130 cm³/mol. The number of hydrogen-bond acceptors (Lipinski definition) is 3. The molecule has 1 rings (SSSR count). The van der Waals surface area contributed by atoms with E-state index in [1.807, 2.05) is 42.5 Å². The summed E-state index contributed by atoms with van der Waals surface area (Å²) in [5.74, 6) is 0. The fraction of sp³-hybridized carbons (Fsp3) is 0.375. The maximum absolute atomic E-state index is 11.9. The highest BCUT2D eigenvalue weighted by Gasteiger charge is 2.12. The number of rotatable bonds is 12. The lowest BCUT2D eigenvalue weighted by Gasteiger charge is -2.20. The number of allylic oxidation sites excluding steroid dienone is 2. The van der Waals surface area contributed by atoms with E-state index in [0.717, 1.165) is 30.2 Å². The van der Waals surface area contributed by atoms with Crippen LogP contribution in [0.4, 0.5) is 4.79 Å². The topological polar surface area (TPSA) is 55.6 Å². The molecule has 162 valence electrons. The molecule has 0 aliphatic rings. The molecule has 0 heterocycles. The molecule has 0 aromatic heterocycles. The Hall–Kier alpha value is -2.11. The Balaban J connectivity index is 0. The average molecular weight is 465 g/mol. The molecule has 0 atom stereocenters. The summed E-state index contributed by atoms with van der Waals surface area (Å²) in [6, 6.07) is 9.65. The Bertz CT molecular complexity index is 547.